The molecule has 3 rings (SSSR count). The van der Waals surface area contributed by atoms with Crippen molar-refractivity contribution in [3.05, 3.63) is 48.5 Å². The number of nitrogens with zero attached hydrogens (tertiary/aromatic N) is 6. The molecule has 0 atom stereocenters. The van der Waals surface area contributed by atoms with E-state index >= 15 is 0 Å². The number of pyridine rings is 1. The van der Waals surface area contributed by atoms with Crippen LogP contribution in [0.1, 0.15) is 0 Å². The van der Waals surface area contributed by atoms with Crippen molar-refractivity contribution < 1.29 is 0 Å². The molecular formula is C11H7ClN6. The van der Waals surface area contributed by atoms with Crippen LogP contribution in [0, 0.1) is 0 Å². The van der Waals surface area contributed by atoms with Crippen LogP contribution in [0.4, 0.5) is 0 Å². The van der Waals surface area contributed by atoms with Crippen molar-refractivity contribution in [3.63, 3.8) is 0 Å². The van der Waals surface area contributed by atoms with Gasteiger partial charge in [0.25, 0.3) is 0 Å². The van der Waals surface area contributed by atoms with Gasteiger partial charge in [-0.2, -0.15) is 15.0 Å². The minimum atomic E-state index is 0.139. The largest absolute Gasteiger partial charge is 0.274 e. The Morgan fingerprint density at radius 3 is 2.50 bits per heavy atom. The number of imidazole rings is 1. The van der Waals surface area contributed by atoms with Crippen LogP contribution >= 0.6 is 11.6 Å². The first-order chi connectivity index (χ1) is 8.83. The molecular weight excluding hydrogens is 252 g/mol. The molecule has 0 aliphatic heterocycles. The average Bonchev–Trinajstić information content (AvgIpc) is 2.93. The third kappa shape index (κ3) is 2.05. The molecule has 6 nitrogen and oxygen atoms in total. The van der Waals surface area contributed by atoms with Gasteiger partial charge in [-0.05, 0) is 23.7 Å². The Morgan fingerprint density at radius 2 is 1.78 bits per heavy atom. The Labute approximate surface area is 107 Å². The van der Waals surface area contributed by atoms with Gasteiger partial charge < -0.3 is 0 Å². The van der Waals surface area contributed by atoms with Gasteiger partial charge in [0.15, 0.2) is 5.82 Å². The van der Waals surface area contributed by atoms with Gasteiger partial charge in [0.1, 0.15) is 6.33 Å². The minimum absolute atomic E-state index is 0.139. The molecule has 0 saturated carbocycles. The molecule has 3 aromatic heterocycles. The molecule has 0 aliphatic carbocycles. The molecule has 0 radical (unpaired) electrons. The van der Waals surface area contributed by atoms with Crippen LogP contribution < -0.4 is 0 Å². The summed E-state index contributed by atoms with van der Waals surface area (Å²) >= 11 is 5.91. The summed E-state index contributed by atoms with van der Waals surface area (Å²) in [5.41, 5.74) is 0.829. The van der Waals surface area contributed by atoms with Crippen molar-refractivity contribution in [1.29, 1.82) is 0 Å². The fourth-order valence-corrected chi connectivity index (χ4v) is 1.62. The van der Waals surface area contributed by atoms with E-state index in [4.69, 9.17) is 11.6 Å². The van der Waals surface area contributed by atoms with Crippen LogP contribution in [0.25, 0.3) is 17.3 Å². The lowest BCUT2D eigenvalue weighted by atomic mass is 10.2. The fraction of sp³-hybridized carbons (Fsp3) is 0. The number of hydrogen-bond donors (Lipinski definition) is 0. The molecule has 18 heavy (non-hydrogen) atoms. The summed E-state index contributed by atoms with van der Waals surface area (Å²) in [6, 6.07) is 3.62. The zero-order chi connectivity index (χ0) is 12.4. The van der Waals surface area contributed by atoms with E-state index in [2.05, 4.69) is 24.9 Å². The standard InChI is InChI=1S/C11H7ClN6/c12-10-15-9(8-1-3-13-4-2-8)16-11(17-10)18-6-5-14-7-18/h1-7H. The average molecular weight is 259 g/mol. The van der Waals surface area contributed by atoms with E-state index in [0.717, 1.165) is 5.56 Å². The monoisotopic (exact) mass is 258 g/mol. The summed E-state index contributed by atoms with van der Waals surface area (Å²) in [5, 5.41) is 0.139. The number of halogens is 1. The van der Waals surface area contributed by atoms with Gasteiger partial charge >= 0.3 is 0 Å². The maximum Gasteiger partial charge on any atom is 0.239 e. The lowest BCUT2D eigenvalue weighted by molar-refractivity contribution is 0.899. The molecule has 3 heterocycles. The smallest absolute Gasteiger partial charge is 0.239 e. The van der Waals surface area contributed by atoms with E-state index in [1.54, 1.807) is 35.7 Å². The molecule has 0 saturated heterocycles. The zero-order valence-electron chi connectivity index (χ0n) is 9.10. The van der Waals surface area contributed by atoms with Gasteiger partial charge in [0.05, 0.1) is 0 Å². The van der Waals surface area contributed by atoms with Gasteiger partial charge in [0, 0.05) is 30.4 Å². The quantitative estimate of drug-likeness (QED) is 0.701. The highest BCUT2D eigenvalue weighted by atomic mass is 35.5. The lowest BCUT2D eigenvalue weighted by Crippen LogP contribution is -2.02. The van der Waals surface area contributed by atoms with Crippen molar-refractivity contribution >= 4 is 11.6 Å². The maximum absolute atomic E-state index is 5.91. The van der Waals surface area contributed by atoms with Crippen LogP contribution in [-0.2, 0) is 0 Å². The van der Waals surface area contributed by atoms with Crippen molar-refractivity contribution in [2.24, 2.45) is 0 Å². The van der Waals surface area contributed by atoms with E-state index in [1.165, 1.54) is 0 Å². The second kappa shape index (κ2) is 4.50. The topological polar surface area (TPSA) is 69.4 Å². The van der Waals surface area contributed by atoms with E-state index in [0.29, 0.717) is 11.8 Å². The highest BCUT2D eigenvalue weighted by Gasteiger charge is 2.08. The SMILES string of the molecule is Clc1nc(-c2ccncc2)nc(-n2ccnc2)n1. The summed E-state index contributed by atoms with van der Waals surface area (Å²) in [4.78, 5) is 20.4. The predicted molar refractivity (Wildman–Crippen MR) is 65.2 cm³/mol. The van der Waals surface area contributed by atoms with Crippen LogP contribution in [0.15, 0.2) is 43.2 Å². The second-order valence-corrected chi connectivity index (χ2v) is 3.77. The number of hydrogen-bond acceptors (Lipinski definition) is 5. The summed E-state index contributed by atoms with van der Waals surface area (Å²) in [5.74, 6) is 0.931. The van der Waals surface area contributed by atoms with Crippen molar-refractivity contribution in [2.45, 2.75) is 0 Å². The Bertz CT molecular complexity index is 653. The fourth-order valence-electron chi connectivity index (χ4n) is 1.46. The van der Waals surface area contributed by atoms with Gasteiger partial charge in [0.2, 0.25) is 11.2 Å². The molecule has 7 heteroatoms. The summed E-state index contributed by atoms with van der Waals surface area (Å²) in [7, 11) is 0. The van der Waals surface area contributed by atoms with Crippen LogP contribution in [-0.4, -0.2) is 29.5 Å². The molecule has 88 valence electrons. The molecule has 0 spiro atoms. The van der Waals surface area contributed by atoms with Crippen molar-refractivity contribution in [1.82, 2.24) is 29.5 Å². The molecule has 0 bridgehead atoms. The lowest BCUT2D eigenvalue weighted by Gasteiger charge is -2.04. The summed E-state index contributed by atoms with van der Waals surface area (Å²) in [6.45, 7) is 0. The molecule has 0 N–H and O–H groups in total. The third-order valence-electron chi connectivity index (χ3n) is 2.27. The maximum atomic E-state index is 5.91. The molecule has 0 unspecified atom stereocenters. The van der Waals surface area contributed by atoms with Gasteiger partial charge in [-0.25, -0.2) is 4.98 Å². The molecule has 0 aliphatic rings. The van der Waals surface area contributed by atoms with Crippen molar-refractivity contribution in [2.75, 3.05) is 0 Å². The molecule has 0 aromatic carbocycles. The first kappa shape index (κ1) is 10.8. The molecule has 0 amide bonds. The summed E-state index contributed by atoms with van der Waals surface area (Å²) < 4.78 is 1.66. The number of rotatable bonds is 2. The Hall–Kier alpha value is -2.34. The van der Waals surface area contributed by atoms with Crippen molar-refractivity contribution in [3.8, 4) is 17.3 Å². The normalized spacial score (nSPS) is 10.5. The van der Waals surface area contributed by atoms with E-state index < -0.39 is 0 Å². The highest BCUT2D eigenvalue weighted by molar-refractivity contribution is 6.28. The first-order valence-electron chi connectivity index (χ1n) is 5.13. The van der Waals surface area contributed by atoms with E-state index in [-0.39, 0.29) is 5.28 Å². The summed E-state index contributed by atoms with van der Waals surface area (Å²) in [6.07, 6.45) is 8.32. The first-order valence-corrected chi connectivity index (χ1v) is 5.51. The predicted octanol–water partition coefficient (Wildman–Crippen LogP) is 1.77. The highest BCUT2D eigenvalue weighted by Crippen LogP contribution is 2.16. The van der Waals surface area contributed by atoms with Gasteiger partial charge in [-0.1, -0.05) is 0 Å². The Kier molecular flexibility index (Phi) is 2.70. The third-order valence-corrected chi connectivity index (χ3v) is 2.44. The van der Waals surface area contributed by atoms with E-state index in [1.807, 2.05) is 12.1 Å². The van der Waals surface area contributed by atoms with Gasteiger partial charge in [-0.3, -0.25) is 9.55 Å². The second-order valence-electron chi connectivity index (χ2n) is 3.43. The Balaban J connectivity index is 2.12. The van der Waals surface area contributed by atoms with Gasteiger partial charge in [-0.15, -0.1) is 0 Å². The Morgan fingerprint density at radius 1 is 0.944 bits per heavy atom. The molecule has 0 fully saturated rings. The van der Waals surface area contributed by atoms with Crippen LogP contribution in [0.2, 0.25) is 5.28 Å². The van der Waals surface area contributed by atoms with Crippen LogP contribution in [0.3, 0.4) is 0 Å². The minimum Gasteiger partial charge on any atom is -0.274 e. The zero-order valence-corrected chi connectivity index (χ0v) is 9.86. The van der Waals surface area contributed by atoms with Crippen LogP contribution in [0.5, 0.6) is 0 Å². The van der Waals surface area contributed by atoms with E-state index in [9.17, 15) is 0 Å². The molecule has 3 aromatic rings. The number of aromatic nitrogens is 6.